The topological polar surface area (TPSA) is 34.1 Å². The Balaban J connectivity index is 2.70. The van der Waals surface area contributed by atoms with Crippen LogP contribution in [0.5, 0.6) is 0 Å². The van der Waals surface area contributed by atoms with E-state index in [1.807, 2.05) is 6.26 Å². The van der Waals surface area contributed by atoms with Gasteiger partial charge in [0, 0.05) is 10.5 Å². The number of carbonyl (C=O) groups excluding carboxylic acids is 2. The molecule has 1 aromatic rings. The number of hydrogen-bond acceptors (Lipinski definition) is 3. The highest BCUT2D eigenvalue weighted by molar-refractivity contribution is 7.98. The summed E-state index contributed by atoms with van der Waals surface area (Å²) in [5, 5.41) is 0. The Morgan fingerprint density at radius 2 is 1.81 bits per heavy atom. The monoisotopic (exact) mass is 244 g/mol. The van der Waals surface area contributed by atoms with Gasteiger partial charge in [-0.25, -0.2) is 8.78 Å². The maximum atomic E-state index is 11.9. The van der Waals surface area contributed by atoms with Crippen LogP contribution >= 0.6 is 11.8 Å². The van der Waals surface area contributed by atoms with Crippen LogP contribution < -0.4 is 0 Å². The molecule has 0 aliphatic carbocycles. The van der Waals surface area contributed by atoms with E-state index in [-0.39, 0.29) is 5.56 Å². The van der Waals surface area contributed by atoms with Gasteiger partial charge < -0.3 is 0 Å². The summed E-state index contributed by atoms with van der Waals surface area (Å²) in [6.45, 7) is 0. The van der Waals surface area contributed by atoms with Crippen molar-refractivity contribution in [3.05, 3.63) is 29.8 Å². The summed E-state index contributed by atoms with van der Waals surface area (Å²) in [5.74, 6) is -1.91. The number of thioether (sulfide) groups is 1. The van der Waals surface area contributed by atoms with E-state index in [1.54, 1.807) is 12.1 Å². The molecule has 0 N–H and O–H groups in total. The van der Waals surface area contributed by atoms with Gasteiger partial charge in [-0.05, 0) is 18.4 Å². The van der Waals surface area contributed by atoms with Gasteiger partial charge in [-0.1, -0.05) is 12.1 Å². The summed E-state index contributed by atoms with van der Waals surface area (Å²) in [6, 6.07) is 6.50. The highest BCUT2D eigenvalue weighted by Gasteiger charge is 2.19. The normalized spacial score (nSPS) is 10.5. The largest absolute Gasteiger partial charge is 0.296 e. The number of ketones is 2. The first-order valence-corrected chi connectivity index (χ1v) is 5.75. The lowest BCUT2D eigenvalue weighted by atomic mass is 10.1. The molecule has 0 saturated heterocycles. The zero-order chi connectivity index (χ0) is 12.1. The molecule has 5 heteroatoms. The van der Waals surface area contributed by atoms with Gasteiger partial charge in [-0.15, -0.1) is 11.8 Å². The fourth-order valence-electron chi connectivity index (χ4n) is 1.11. The van der Waals surface area contributed by atoms with Crippen molar-refractivity contribution in [1.29, 1.82) is 0 Å². The summed E-state index contributed by atoms with van der Waals surface area (Å²) in [7, 11) is 0. The van der Waals surface area contributed by atoms with Gasteiger partial charge >= 0.3 is 0 Å². The average Bonchev–Trinajstić information content (AvgIpc) is 2.28. The van der Waals surface area contributed by atoms with Crippen molar-refractivity contribution >= 4 is 23.3 Å². The van der Waals surface area contributed by atoms with Gasteiger partial charge in [0.15, 0.2) is 5.78 Å². The molecule has 1 aromatic carbocycles. The maximum absolute atomic E-state index is 11.9. The molecule has 1 rings (SSSR count). The van der Waals surface area contributed by atoms with Crippen LogP contribution in [0.2, 0.25) is 0 Å². The van der Waals surface area contributed by atoms with Crippen molar-refractivity contribution in [2.75, 3.05) is 6.26 Å². The summed E-state index contributed by atoms with van der Waals surface area (Å²) < 4.78 is 23.8. The minimum atomic E-state index is -3.07. The Bertz CT molecular complexity index is 387. The molecule has 0 heterocycles. The smallest absolute Gasteiger partial charge is 0.294 e. The molecule has 2 nitrogen and oxygen atoms in total. The predicted molar refractivity (Wildman–Crippen MR) is 58.2 cm³/mol. The second-order valence-electron chi connectivity index (χ2n) is 3.10. The minimum Gasteiger partial charge on any atom is -0.294 e. The number of rotatable bonds is 5. The SMILES string of the molecule is CSc1ccc(C(=O)CC(=O)C(F)F)cc1. The number of hydrogen-bond donors (Lipinski definition) is 0. The Morgan fingerprint density at radius 3 is 2.25 bits per heavy atom. The van der Waals surface area contributed by atoms with Crippen LogP contribution in [0.25, 0.3) is 0 Å². The molecule has 0 unspecified atom stereocenters. The lowest BCUT2D eigenvalue weighted by Crippen LogP contribution is -2.15. The van der Waals surface area contributed by atoms with E-state index < -0.39 is 24.4 Å². The molecule has 0 spiro atoms. The molecule has 86 valence electrons. The van der Waals surface area contributed by atoms with E-state index in [0.29, 0.717) is 0 Å². The zero-order valence-electron chi connectivity index (χ0n) is 8.57. The average molecular weight is 244 g/mol. The van der Waals surface area contributed by atoms with Gasteiger partial charge in [0.05, 0.1) is 6.42 Å². The molecule has 0 fully saturated rings. The van der Waals surface area contributed by atoms with E-state index in [9.17, 15) is 18.4 Å². The number of benzene rings is 1. The fraction of sp³-hybridized carbons (Fsp3) is 0.273. The van der Waals surface area contributed by atoms with Crippen molar-refractivity contribution < 1.29 is 18.4 Å². The molecular weight excluding hydrogens is 234 g/mol. The van der Waals surface area contributed by atoms with E-state index in [0.717, 1.165) is 4.90 Å². The number of Topliss-reactive ketones (excluding diaryl/α,β-unsaturated/α-hetero) is 2. The molecule has 0 saturated carbocycles. The van der Waals surface area contributed by atoms with Crippen LogP contribution in [0, 0.1) is 0 Å². The summed E-state index contributed by atoms with van der Waals surface area (Å²) in [6.07, 6.45) is -1.93. The second kappa shape index (κ2) is 5.75. The van der Waals surface area contributed by atoms with Crippen molar-refractivity contribution in [2.24, 2.45) is 0 Å². The molecule has 0 aromatic heterocycles. The second-order valence-corrected chi connectivity index (χ2v) is 3.98. The summed E-state index contributed by atoms with van der Waals surface area (Å²) in [5.41, 5.74) is 0.284. The molecule has 0 bridgehead atoms. The number of halogens is 2. The Morgan fingerprint density at radius 1 is 1.25 bits per heavy atom. The third-order valence-electron chi connectivity index (χ3n) is 1.99. The molecule has 0 radical (unpaired) electrons. The number of carbonyl (C=O) groups is 2. The molecule has 0 amide bonds. The van der Waals surface area contributed by atoms with Gasteiger partial charge in [0.2, 0.25) is 5.78 Å². The van der Waals surface area contributed by atoms with E-state index in [2.05, 4.69) is 0 Å². The first kappa shape index (κ1) is 12.8. The van der Waals surface area contributed by atoms with Gasteiger partial charge in [-0.3, -0.25) is 9.59 Å². The Hall–Kier alpha value is -1.23. The van der Waals surface area contributed by atoms with Crippen molar-refractivity contribution in [2.45, 2.75) is 17.7 Å². The van der Waals surface area contributed by atoms with Gasteiger partial charge in [-0.2, -0.15) is 0 Å². The zero-order valence-corrected chi connectivity index (χ0v) is 9.39. The molecular formula is C11H10F2O2S. The van der Waals surface area contributed by atoms with Crippen molar-refractivity contribution in [1.82, 2.24) is 0 Å². The predicted octanol–water partition coefficient (Wildman–Crippen LogP) is 2.82. The van der Waals surface area contributed by atoms with Crippen LogP contribution in [0.4, 0.5) is 8.78 Å². The van der Waals surface area contributed by atoms with Gasteiger partial charge in [0.25, 0.3) is 6.43 Å². The van der Waals surface area contributed by atoms with E-state index in [1.165, 1.54) is 23.9 Å². The maximum Gasteiger partial charge on any atom is 0.296 e. The van der Waals surface area contributed by atoms with E-state index in [4.69, 9.17) is 0 Å². The molecule has 16 heavy (non-hydrogen) atoms. The standard InChI is InChI=1S/C11H10F2O2S/c1-16-8-4-2-7(3-5-8)9(14)6-10(15)11(12)13/h2-5,11H,6H2,1H3. The van der Waals surface area contributed by atoms with E-state index >= 15 is 0 Å². The van der Waals surface area contributed by atoms with Crippen LogP contribution in [0.15, 0.2) is 29.2 Å². The fourth-order valence-corrected chi connectivity index (χ4v) is 1.52. The highest BCUT2D eigenvalue weighted by Crippen LogP contribution is 2.16. The lowest BCUT2D eigenvalue weighted by molar-refractivity contribution is -0.128. The quantitative estimate of drug-likeness (QED) is 0.454. The third kappa shape index (κ3) is 3.41. The summed E-state index contributed by atoms with van der Waals surface area (Å²) >= 11 is 1.51. The number of alkyl halides is 2. The van der Waals surface area contributed by atoms with Gasteiger partial charge in [0.1, 0.15) is 0 Å². The van der Waals surface area contributed by atoms with Crippen LogP contribution in [-0.4, -0.2) is 24.2 Å². The third-order valence-corrected chi connectivity index (χ3v) is 2.73. The molecule has 0 atom stereocenters. The Labute approximate surface area is 96.0 Å². The first-order valence-electron chi connectivity index (χ1n) is 4.52. The van der Waals surface area contributed by atoms with Crippen molar-refractivity contribution in [3.63, 3.8) is 0 Å². The summed E-state index contributed by atoms with van der Waals surface area (Å²) in [4.78, 5) is 23.0. The van der Waals surface area contributed by atoms with Crippen LogP contribution in [0.1, 0.15) is 16.8 Å². The lowest BCUT2D eigenvalue weighted by Gasteiger charge is -2.01. The minimum absolute atomic E-state index is 0.284. The first-order chi connectivity index (χ1) is 7.54. The Kier molecular flexibility index (Phi) is 4.61. The van der Waals surface area contributed by atoms with Crippen molar-refractivity contribution in [3.8, 4) is 0 Å². The highest BCUT2D eigenvalue weighted by atomic mass is 32.2. The van der Waals surface area contributed by atoms with Crippen LogP contribution in [-0.2, 0) is 4.79 Å². The molecule has 0 aliphatic rings. The molecule has 0 aliphatic heterocycles. The van der Waals surface area contributed by atoms with Crippen LogP contribution in [0.3, 0.4) is 0 Å².